The van der Waals surface area contributed by atoms with E-state index in [1.54, 1.807) is 49.4 Å². The van der Waals surface area contributed by atoms with Crippen LogP contribution < -0.4 is 14.8 Å². The molecular formula is C26H21BrClN3O5. The van der Waals surface area contributed by atoms with Crippen LogP contribution in [0.1, 0.15) is 23.6 Å². The number of benzene rings is 3. The molecule has 0 unspecified atom stereocenters. The fourth-order valence-electron chi connectivity index (χ4n) is 3.24. The Morgan fingerprint density at radius 1 is 1.22 bits per heavy atom. The number of halogens is 2. The Labute approximate surface area is 221 Å². The van der Waals surface area contributed by atoms with Gasteiger partial charge in [-0.2, -0.15) is 5.26 Å². The molecule has 1 N–H and O–H groups in total. The fourth-order valence-corrected chi connectivity index (χ4v) is 3.99. The van der Waals surface area contributed by atoms with Crippen LogP contribution in [-0.2, 0) is 11.4 Å². The Hall–Kier alpha value is -3.87. The molecule has 0 bridgehead atoms. The number of nitrogens with zero attached hydrogens (tertiary/aromatic N) is 2. The van der Waals surface area contributed by atoms with Crippen molar-refractivity contribution in [1.82, 2.24) is 0 Å². The van der Waals surface area contributed by atoms with E-state index in [0.717, 1.165) is 0 Å². The number of nitro groups is 1. The number of hydrogen-bond donors (Lipinski definition) is 1. The first-order valence-corrected chi connectivity index (χ1v) is 11.9. The summed E-state index contributed by atoms with van der Waals surface area (Å²) in [6, 6.07) is 16.5. The van der Waals surface area contributed by atoms with Gasteiger partial charge >= 0.3 is 0 Å². The second-order valence-corrected chi connectivity index (χ2v) is 8.78. The van der Waals surface area contributed by atoms with Crippen molar-refractivity contribution < 1.29 is 19.2 Å². The SMILES string of the molecule is CCOc1cc(/C=C(\C#N)C(=O)Nc2cccc(Cl)c2C)cc(Br)c1OCc1cccc([N+](=O)[O-])c1. The summed E-state index contributed by atoms with van der Waals surface area (Å²) in [5.74, 6) is 0.188. The lowest BCUT2D eigenvalue weighted by atomic mass is 10.1. The number of ether oxygens (including phenoxy) is 2. The van der Waals surface area contributed by atoms with Crippen molar-refractivity contribution >= 4 is 50.9 Å². The number of nitrogens with one attached hydrogen (secondary N) is 1. The minimum absolute atomic E-state index is 0.0315. The lowest BCUT2D eigenvalue weighted by molar-refractivity contribution is -0.384. The van der Waals surface area contributed by atoms with E-state index in [9.17, 15) is 20.2 Å². The van der Waals surface area contributed by atoms with Gasteiger partial charge in [0.2, 0.25) is 0 Å². The quantitative estimate of drug-likeness (QED) is 0.130. The molecule has 3 rings (SSSR count). The van der Waals surface area contributed by atoms with Crippen LogP contribution in [0.3, 0.4) is 0 Å². The van der Waals surface area contributed by atoms with Gasteiger partial charge in [-0.15, -0.1) is 0 Å². The lowest BCUT2D eigenvalue weighted by Crippen LogP contribution is -2.14. The van der Waals surface area contributed by atoms with Gasteiger partial charge in [-0.25, -0.2) is 0 Å². The van der Waals surface area contributed by atoms with Gasteiger partial charge < -0.3 is 14.8 Å². The standard InChI is InChI=1S/C26H21BrClN3O5/c1-3-35-24-13-18(10-19(14-29)26(32)30-23-9-5-8-22(28)16(23)2)12-21(27)25(24)36-15-17-6-4-7-20(11-17)31(33)34/h4-13H,3,15H2,1-2H3,(H,30,32)/b19-10+. The molecular weight excluding hydrogens is 550 g/mol. The summed E-state index contributed by atoms with van der Waals surface area (Å²) in [4.78, 5) is 23.3. The molecule has 1 amide bonds. The molecule has 0 aliphatic heterocycles. The molecule has 3 aromatic rings. The fraction of sp³-hybridized carbons (Fsp3) is 0.154. The van der Waals surface area contributed by atoms with Crippen molar-refractivity contribution in [3.8, 4) is 17.6 Å². The predicted octanol–water partition coefficient (Wildman–Crippen LogP) is 6.84. The molecule has 0 spiro atoms. The first-order chi connectivity index (χ1) is 17.2. The average molecular weight is 571 g/mol. The van der Waals surface area contributed by atoms with Gasteiger partial charge in [-0.3, -0.25) is 14.9 Å². The number of carbonyl (C=O) groups excluding carboxylic acids is 1. The topological polar surface area (TPSA) is 114 Å². The van der Waals surface area contributed by atoms with E-state index < -0.39 is 10.8 Å². The summed E-state index contributed by atoms with van der Waals surface area (Å²) in [5, 5.41) is 23.8. The molecule has 0 aliphatic carbocycles. The summed E-state index contributed by atoms with van der Waals surface area (Å²) in [5.41, 5.74) is 2.20. The zero-order chi connectivity index (χ0) is 26.2. The summed E-state index contributed by atoms with van der Waals surface area (Å²) in [6.07, 6.45) is 1.44. The number of nitriles is 1. The molecule has 0 radical (unpaired) electrons. The Morgan fingerprint density at radius 2 is 1.97 bits per heavy atom. The van der Waals surface area contributed by atoms with Gasteiger partial charge in [0.05, 0.1) is 16.0 Å². The van der Waals surface area contributed by atoms with Crippen molar-refractivity contribution in [1.29, 1.82) is 5.26 Å². The molecule has 0 heterocycles. The van der Waals surface area contributed by atoms with E-state index in [1.807, 2.05) is 13.0 Å². The highest BCUT2D eigenvalue weighted by molar-refractivity contribution is 9.10. The molecule has 36 heavy (non-hydrogen) atoms. The van der Waals surface area contributed by atoms with E-state index in [1.165, 1.54) is 18.2 Å². The Morgan fingerprint density at radius 3 is 2.67 bits per heavy atom. The van der Waals surface area contributed by atoms with E-state index in [0.29, 0.717) is 50.0 Å². The van der Waals surface area contributed by atoms with Gasteiger partial charge in [0.25, 0.3) is 11.6 Å². The average Bonchev–Trinajstić information content (AvgIpc) is 2.85. The monoisotopic (exact) mass is 569 g/mol. The molecule has 0 saturated carbocycles. The highest BCUT2D eigenvalue weighted by atomic mass is 79.9. The van der Waals surface area contributed by atoms with E-state index in [4.69, 9.17) is 21.1 Å². The maximum absolute atomic E-state index is 12.7. The number of amides is 1. The van der Waals surface area contributed by atoms with Crippen molar-refractivity contribution in [2.75, 3.05) is 11.9 Å². The molecule has 3 aromatic carbocycles. The first-order valence-electron chi connectivity index (χ1n) is 10.7. The molecule has 0 atom stereocenters. The van der Waals surface area contributed by atoms with Gasteiger partial charge in [-0.1, -0.05) is 29.8 Å². The van der Waals surface area contributed by atoms with Gasteiger partial charge in [0, 0.05) is 22.8 Å². The van der Waals surface area contributed by atoms with Crippen molar-refractivity contribution in [3.05, 3.63) is 96.5 Å². The summed E-state index contributed by atoms with van der Waals surface area (Å²) in [7, 11) is 0. The molecule has 0 saturated heterocycles. The van der Waals surface area contributed by atoms with E-state index in [-0.39, 0.29) is 17.9 Å². The molecule has 8 nitrogen and oxygen atoms in total. The van der Waals surface area contributed by atoms with Crippen LogP contribution in [0, 0.1) is 28.4 Å². The molecule has 184 valence electrons. The van der Waals surface area contributed by atoms with Crippen molar-refractivity contribution in [3.63, 3.8) is 0 Å². The molecule has 0 aliphatic rings. The zero-order valence-electron chi connectivity index (χ0n) is 19.4. The molecule has 0 aromatic heterocycles. The van der Waals surface area contributed by atoms with Crippen molar-refractivity contribution in [2.45, 2.75) is 20.5 Å². The van der Waals surface area contributed by atoms with Gasteiger partial charge in [0.15, 0.2) is 11.5 Å². The number of anilines is 1. The lowest BCUT2D eigenvalue weighted by Gasteiger charge is -2.15. The first kappa shape index (κ1) is 26.7. The largest absolute Gasteiger partial charge is 0.490 e. The predicted molar refractivity (Wildman–Crippen MR) is 141 cm³/mol. The van der Waals surface area contributed by atoms with Crippen LogP contribution in [0.5, 0.6) is 11.5 Å². The normalized spacial score (nSPS) is 10.9. The summed E-state index contributed by atoms with van der Waals surface area (Å²) in [6.45, 7) is 3.99. The third-order valence-corrected chi connectivity index (χ3v) is 6.03. The van der Waals surface area contributed by atoms with Crippen LogP contribution in [0.25, 0.3) is 6.08 Å². The van der Waals surface area contributed by atoms with Crippen LogP contribution in [0.4, 0.5) is 11.4 Å². The third-order valence-electron chi connectivity index (χ3n) is 5.03. The third kappa shape index (κ3) is 6.62. The number of non-ortho nitro benzene ring substituents is 1. The maximum Gasteiger partial charge on any atom is 0.269 e. The van der Waals surface area contributed by atoms with Crippen LogP contribution >= 0.6 is 27.5 Å². The Kier molecular flexibility index (Phi) is 9.06. The summed E-state index contributed by atoms with van der Waals surface area (Å²) >= 11 is 9.57. The van der Waals surface area contributed by atoms with Crippen LogP contribution in [0.15, 0.2) is 64.6 Å². The van der Waals surface area contributed by atoms with E-state index in [2.05, 4.69) is 21.2 Å². The zero-order valence-corrected chi connectivity index (χ0v) is 21.7. The van der Waals surface area contributed by atoms with Gasteiger partial charge in [-0.05, 0) is 76.8 Å². The van der Waals surface area contributed by atoms with E-state index >= 15 is 0 Å². The smallest absolute Gasteiger partial charge is 0.269 e. The van der Waals surface area contributed by atoms with Crippen molar-refractivity contribution in [2.24, 2.45) is 0 Å². The number of hydrogen-bond acceptors (Lipinski definition) is 6. The Balaban J connectivity index is 1.86. The molecule has 10 heteroatoms. The van der Waals surface area contributed by atoms with Crippen LogP contribution in [-0.4, -0.2) is 17.4 Å². The maximum atomic E-state index is 12.7. The highest BCUT2D eigenvalue weighted by Crippen LogP contribution is 2.38. The second kappa shape index (κ2) is 12.2. The molecule has 0 fully saturated rings. The second-order valence-electron chi connectivity index (χ2n) is 7.52. The minimum Gasteiger partial charge on any atom is -0.490 e. The van der Waals surface area contributed by atoms with Crippen LogP contribution in [0.2, 0.25) is 5.02 Å². The number of carbonyl (C=O) groups is 1. The highest BCUT2D eigenvalue weighted by Gasteiger charge is 2.16. The summed E-state index contributed by atoms with van der Waals surface area (Å²) < 4.78 is 12.1. The number of rotatable bonds is 9. The number of nitro benzene ring substituents is 1. The minimum atomic E-state index is -0.581. The van der Waals surface area contributed by atoms with Gasteiger partial charge in [0.1, 0.15) is 18.2 Å². The Bertz CT molecular complexity index is 1380.